The van der Waals surface area contributed by atoms with Crippen molar-refractivity contribution in [2.45, 2.75) is 88.6 Å². The van der Waals surface area contributed by atoms with E-state index in [0.717, 1.165) is 6.42 Å². The topological polar surface area (TPSA) is 199 Å². The lowest BCUT2D eigenvalue weighted by atomic mass is 10.1. The number of amides is 4. The zero-order valence-electron chi connectivity index (χ0n) is 24.7. The van der Waals surface area contributed by atoms with Crippen molar-refractivity contribution in [1.82, 2.24) is 20.4 Å². The fourth-order valence-corrected chi connectivity index (χ4v) is 7.32. The van der Waals surface area contributed by atoms with Crippen LogP contribution in [0.3, 0.4) is 0 Å². The van der Waals surface area contributed by atoms with Crippen LogP contribution in [0.5, 0.6) is 0 Å². The predicted molar refractivity (Wildman–Crippen MR) is 159 cm³/mol. The van der Waals surface area contributed by atoms with Crippen LogP contribution in [0, 0.1) is 0 Å². The second-order valence-electron chi connectivity index (χ2n) is 11.2. The molecule has 4 amide bonds. The molecule has 2 fully saturated rings. The molecule has 0 aromatic heterocycles. The standard InChI is InChI=1S/C29H44N5O8P/c1-2-3-11-21(29(39)40)31-27(37)22-12-7-15-33(22)25(35)14-17-43(41,42)24(18-20-9-5-4-6-10-20)32-28(38)23-13-8-16-34(23)26(36)19-30/h4-6,9-10,21-24H,2-3,7-8,11-19,30H2,1H3,(H,31,37)(H,32,38)(H,39,40)(H,41,42)/t21?,22-,23-,24+/m0/s1. The number of carboxylic acids is 1. The zero-order chi connectivity index (χ0) is 31.6. The largest absolute Gasteiger partial charge is 0.480 e. The average molecular weight is 622 g/mol. The maximum absolute atomic E-state index is 13.7. The molecule has 2 heterocycles. The Morgan fingerprint density at radius 3 is 2.12 bits per heavy atom. The molecular formula is C29H44N5O8P. The molecule has 238 valence electrons. The van der Waals surface area contributed by atoms with E-state index in [2.05, 4.69) is 10.6 Å². The van der Waals surface area contributed by atoms with Gasteiger partial charge in [0.05, 0.1) is 6.54 Å². The predicted octanol–water partition coefficient (Wildman–Crippen LogP) is 1.03. The molecule has 5 atom stereocenters. The molecule has 1 aromatic carbocycles. The third-order valence-corrected chi connectivity index (χ3v) is 10.3. The number of nitrogens with zero attached hydrogens (tertiary/aromatic N) is 2. The number of nitrogens with one attached hydrogen (secondary N) is 2. The molecule has 2 aliphatic rings. The summed E-state index contributed by atoms with van der Waals surface area (Å²) in [6.45, 7) is 2.32. The first-order valence-electron chi connectivity index (χ1n) is 15.0. The molecule has 0 bridgehead atoms. The van der Waals surface area contributed by atoms with Crippen LogP contribution in [-0.4, -0.2) is 99.1 Å². The normalized spacial score (nSPS) is 21.1. The van der Waals surface area contributed by atoms with Crippen LogP contribution in [0.1, 0.15) is 63.9 Å². The Kier molecular flexibility index (Phi) is 12.7. The zero-order valence-corrected chi connectivity index (χ0v) is 25.5. The van der Waals surface area contributed by atoms with Crippen LogP contribution in [0.15, 0.2) is 30.3 Å². The maximum Gasteiger partial charge on any atom is 0.326 e. The fourth-order valence-electron chi connectivity index (χ4n) is 5.67. The Morgan fingerprint density at radius 1 is 0.977 bits per heavy atom. The summed E-state index contributed by atoms with van der Waals surface area (Å²) >= 11 is 0. The molecule has 0 spiro atoms. The Labute approximate surface area is 252 Å². The van der Waals surface area contributed by atoms with Crippen molar-refractivity contribution in [3.05, 3.63) is 35.9 Å². The van der Waals surface area contributed by atoms with Crippen molar-refractivity contribution in [3.8, 4) is 0 Å². The number of hydrogen-bond acceptors (Lipinski definition) is 7. The molecule has 14 heteroatoms. The van der Waals surface area contributed by atoms with Crippen molar-refractivity contribution in [3.63, 3.8) is 0 Å². The summed E-state index contributed by atoms with van der Waals surface area (Å²) in [5, 5.41) is 14.7. The lowest BCUT2D eigenvalue weighted by Crippen LogP contribution is -2.51. The molecule has 3 rings (SSSR count). The molecular weight excluding hydrogens is 577 g/mol. The van der Waals surface area contributed by atoms with Gasteiger partial charge in [0.15, 0.2) is 0 Å². The van der Waals surface area contributed by atoms with Gasteiger partial charge in [-0.05, 0) is 37.7 Å². The van der Waals surface area contributed by atoms with Gasteiger partial charge < -0.3 is 36.2 Å². The molecule has 1 aromatic rings. The third-order valence-electron chi connectivity index (χ3n) is 8.10. The van der Waals surface area contributed by atoms with E-state index in [9.17, 15) is 38.5 Å². The Balaban J connectivity index is 1.69. The minimum atomic E-state index is -4.18. The number of unbranched alkanes of at least 4 members (excludes halogenated alkanes) is 1. The highest BCUT2D eigenvalue weighted by atomic mass is 31.2. The number of hydrogen-bond donors (Lipinski definition) is 5. The van der Waals surface area contributed by atoms with Crippen LogP contribution in [0.4, 0.5) is 0 Å². The van der Waals surface area contributed by atoms with Crippen LogP contribution in [0.25, 0.3) is 0 Å². The molecule has 2 saturated heterocycles. The van der Waals surface area contributed by atoms with E-state index in [1.54, 1.807) is 30.3 Å². The third kappa shape index (κ3) is 9.35. The number of aliphatic carboxylic acids is 1. The molecule has 2 aliphatic heterocycles. The Hall–Kier alpha value is -3.28. The summed E-state index contributed by atoms with van der Waals surface area (Å²) in [5.41, 5.74) is 6.21. The number of likely N-dealkylation sites (tertiary alicyclic amines) is 2. The summed E-state index contributed by atoms with van der Waals surface area (Å²) in [7, 11) is -4.18. The number of nitrogens with two attached hydrogens (primary N) is 1. The van der Waals surface area contributed by atoms with E-state index in [1.165, 1.54) is 9.80 Å². The van der Waals surface area contributed by atoms with Gasteiger partial charge in [0.2, 0.25) is 31.0 Å². The first kappa shape index (κ1) is 34.2. The van der Waals surface area contributed by atoms with Gasteiger partial charge in [0.25, 0.3) is 0 Å². The summed E-state index contributed by atoms with van der Waals surface area (Å²) in [5.74, 6) is -4.32. The summed E-state index contributed by atoms with van der Waals surface area (Å²) < 4.78 is 13.7. The lowest BCUT2D eigenvalue weighted by Gasteiger charge is -2.29. The quantitative estimate of drug-likeness (QED) is 0.178. The lowest BCUT2D eigenvalue weighted by molar-refractivity contribution is -0.144. The highest BCUT2D eigenvalue weighted by Gasteiger charge is 2.40. The number of carbonyl (C=O) groups is 5. The Morgan fingerprint density at radius 2 is 1.56 bits per heavy atom. The van der Waals surface area contributed by atoms with Gasteiger partial charge in [-0.2, -0.15) is 0 Å². The minimum absolute atomic E-state index is 0.0369. The fraction of sp³-hybridized carbons (Fsp3) is 0.621. The van der Waals surface area contributed by atoms with Gasteiger partial charge in [-0.15, -0.1) is 0 Å². The van der Waals surface area contributed by atoms with Crippen molar-refractivity contribution >= 4 is 37.0 Å². The highest BCUT2D eigenvalue weighted by Crippen LogP contribution is 2.47. The second-order valence-corrected chi connectivity index (χ2v) is 13.8. The smallest absolute Gasteiger partial charge is 0.326 e. The molecule has 43 heavy (non-hydrogen) atoms. The van der Waals surface area contributed by atoms with E-state index in [-0.39, 0.29) is 38.3 Å². The molecule has 0 saturated carbocycles. The molecule has 0 radical (unpaired) electrons. The van der Waals surface area contributed by atoms with E-state index in [0.29, 0.717) is 44.2 Å². The molecule has 13 nitrogen and oxygen atoms in total. The van der Waals surface area contributed by atoms with Crippen LogP contribution < -0.4 is 16.4 Å². The van der Waals surface area contributed by atoms with Crippen LogP contribution >= 0.6 is 7.37 Å². The van der Waals surface area contributed by atoms with Gasteiger partial charge in [0.1, 0.15) is 23.9 Å². The summed E-state index contributed by atoms with van der Waals surface area (Å²) in [6.07, 6.45) is 2.86. The van der Waals surface area contributed by atoms with Crippen molar-refractivity contribution in [2.75, 3.05) is 25.8 Å². The van der Waals surface area contributed by atoms with Crippen molar-refractivity contribution < 1.29 is 38.5 Å². The first-order valence-corrected chi connectivity index (χ1v) is 16.9. The van der Waals surface area contributed by atoms with Crippen molar-refractivity contribution in [1.29, 1.82) is 0 Å². The van der Waals surface area contributed by atoms with E-state index in [4.69, 9.17) is 5.73 Å². The number of benzene rings is 1. The van der Waals surface area contributed by atoms with Gasteiger partial charge in [-0.25, -0.2) is 4.79 Å². The number of rotatable bonds is 15. The van der Waals surface area contributed by atoms with Crippen molar-refractivity contribution in [2.24, 2.45) is 5.73 Å². The summed E-state index contributed by atoms with van der Waals surface area (Å²) in [6, 6.07) is 6.16. The average Bonchev–Trinajstić information content (AvgIpc) is 3.68. The molecule has 2 unspecified atom stereocenters. The van der Waals surface area contributed by atoms with Gasteiger partial charge in [-0.3, -0.25) is 23.7 Å². The maximum atomic E-state index is 13.7. The molecule has 6 N–H and O–H groups in total. The molecule has 0 aliphatic carbocycles. The number of carbonyl (C=O) groups excluding carboxylic acids is 4. The second kappa shape index (κ2) is 16.0. The van der Waals surface area contributed by atoms with Gasteiger partial charge >= 0.3 is 5.97 Å². The SMILES string of the molecule is CCCCC(NC(=O)[C@@H]1CCCN1C(=O)CCP(=O)(O)[C@H](Cc1ccccc1)NC(=O)[C@@H]1CCCN1C(=O)CN)C(=O)O. The first-order chi connectivity index (χ1) is 20.5. The summed E-state index contributed by atoms with van der Waals surface area (Å²) in [4.78, 5) is 77.2. The van der Waals surface area contributed by atoms with E-state index in [1.807, 2.05) is 6.92 Å². The Bertz CT molecular complexity index is 1200. The highest BCUT2D eigenvalue weighted by molar-refractivity contribution is 7.58. The minimum Gasteiger partial charge on any atom is -0.480 e. The van der Waals surface area contributed by atoms with Crippen LogP contribution in [-0.2, 0) is 35.0 Å². The number of carboxylic acid groups (broad SMARTS) is 1. The van der Waals surface area contributed by atoms with E-state index < -0.39 is 61.1 Å². The van der Waals surface area contributed by atoms with E-state index >= 15 is 0 Å². The van der Waals surface area contributed by atoms with Crippen LogP contribution in [0.2, 0.25) is 0 Å². The van der Waals surface area contributed by atoms with Gasteiger partial charge in [-0.1, -0.05) is 50.1 Å². The monoisotopic (exact) mass is 621 g/mol. The van der Waals surface area contributed by atoms with Gasteiger partial charge in [0, 0.05) is 32.1 Å².